The highest BCUT2D eigenvalue weighted by Gasteiger charge is 2.45. The van der Waals surface area contributed by atoms with Gasteiger partial charge in [0.25, 0.3) is 0 Å². The topological polar surface area (TPSA) is 97.5 Å². The van der Waals surface area contributed by atoms with Crippen LogP contribution in [-0.4, -0.2) is 43.8 Å². The molecule has 3 heterocycles. The zero-order valence-electron chi connectivity index (χ0n) is 14.3. The number of aryl methyl sites for hydroxylation is 1. The molecule has 2 aromatic rings. The quantitative estimate of drug-likeness (QED) is 0.878. The Morgan fingerprint density at radius 3 is 2.80 bits per heavy atom. The lowest BCUT2D eigenvalue weighted by Gasteiger charge is -2.26. The average Bonchev–Trinajstić information content (AvgIpc) is 3.08. The van der Waals surface area contributed by atoms with Gasteiger partial charge in [0.05, 0.1) is 37.5 Å². The number of hydrogen-bond acceptors (Lipinski definition) is 5. The van der Waals surface area contributed by atoms with E-state index in [1.165, 1.54) is 7.11 Å². The van der Waals surface area contributed by atoms with Crippen LogP contribution >= 0.6 is 0 Å². The number of pyridine rings is 1. The van der Waals surface area contributed by atoms with E-state index in [2.05, 4.69) is 10.1 Å². The summed E-state index contributed by atoms with van der Waals surface area (Å²) < 4.78 is 6.80. The fraction of sp³-hybridized carbons (Fsp3) is 0.412. The van der Waals surface area contributed by atoms with Gasteiger partial charge in [-0.3, -0.25) is 14.3 Å². The summed E-state index contributed by atoms with van der Waals surface area (Å²) in [7, 11) is 3.31. The normalized spacial score (nSPS) is 20.1. The van der Waals surface area contributed by atoms with Crippen molar-refractivity contribution in [1.82, 2.24) is 19.7 Å². The number of carboxylic acid groups (broad SMARTS) is 1. The maximum Gasteiger partial charge on any atom is 0.309 e. The molecule has 0 radical (unpaired) electrons. The lowest BCUT2D eigenvalue weighted by Crippen LogP contribution is -2.31. The van der Waals surface area contributed by atoms with E-state index in [0.717, 1.165) is 11.3 Å². The number of carbonyl (C=O) groups is 2. The van der Waals surface area contributed by atoms with Crippen molar-refractivity contribution in [2.24, 2.45) is 13.0 Å². The minimum absolute atomic E-state index is 0.0295. The van der Waals surface area contributed by atoms with Crippen molar-refractivity contribution < 1.29 is 19.4 Å². The third-order valence-electron chi connectivity index (χ3n) is 4.66. The number of likely N-dealkylation sites (tertiary alicyclic amines) is 1. The number of rotatable bonds is 5. The number of methoxy groups -OCH3 is 1. The van der Waals surface area contributed by atoms with Crippen LogP contribution in [-0.2, 0) is 23.2 Å². The second kappa shape index (κ2) is 6.54. The number of nitrogens with zero attached hydrogens (tertiary/aromatic N) is 4. The van der Waals surface area contributed by atoms with Crippen LogP contribution in [0.3, 0.4) is 0 Å². The van der Waals surface area contributed by atoms with Crippen molar-refractivity contribution in [3.05, 3.63) is 41.3 Å². The second-order valence-corrected chi connectivity index (χ2v) is 6.10. The zero-order valence-corrected chi connectivity index (χ0v) is 14.3. The number of aromatic nitrogens is 3. The highest BCUT2D eigenvalue weighted by Crippen LogP contribution is 2.40. The SMILES string of the molecule is COc1cccc(CN2C(=O)C[C@H](C(=O)O)[C@H]2c2cnn(C)c2C)n1. The van der Waals surface area contributed by atoms with Crippen LogP contribution in [0.5, 0.6) is 5.88 Å². The van der Waals surface area contributed by atoms with Gasteiger partial charge in [-0.05, 0) is 13.0 Å². The summed E-state index contributed by atoms with van der Waals surface area (Å²) in [6, 6.07) is 4.74. The van der Waals surface area contributed by atoms with Crippen molar-refractivity contribution in [3.63, 3.8) is 0 Å². The van der Waals surface area contributed by atoms with Crippen LogP contribution in [0.25, 0.3) is 0 Å². The molecule has 1 aliphatic rings. The zero-order chi connectivity index (χ0) is 18.1. The van der Waals surface area contributed by atoms with Gasteiger partial charge in [0.1, 0.15) is 0 Å². The lowest BCUT2D eigenvalue weighted by molar-refractivity contribution is -0.142. The Kier molecular flexibility index (Phi) is 4.43. The standard InChI is InChI=1S/C17H20N4O4/c1-10-13(8-18-20(10)2)16-12(17(23)24)7-15(22)21(16)9-11-5-4-6-14(19-11)25-3/h4-6,8,12,16H,7,9H2,1-3H3,(H,23,24)/t12-,16-/m0/s1. The minimum Gasteiger partial charge on any atom is -0.481 e. The number of ether oxygens (including phenoxy) is 1. The summed E-state index contributed by atoms with van der Waals surface area (Å²) in [6.07, 6.45) is 1.61. The number of carboxylic acids is 1. The molecule has 132 valence electrons. The molecule has 2 atom stereocenters. The third kappa shape index (κ3) is 3.07. The van der Waals surface area contributed by atoms with E-state index in [4.69, 9.17) is 4.74 Å². The first-order valence-corrected chi connectivity index (χ1v) is 7.93. The molecular weight excluding hydrogens is 324 g/mol. The Morgan fingerprint density at radius 2 is 2.20 bits per heavy atom. The summed E-state index contributed by atoms with van der Waals surface area (Å²) >= 11 is 0. The first kappa shape index (κ1) is 16.9. The monoisotopic (exact) mass is 344 g/mol. The molecule has 0 unspecified atom stereocenters. The molecule has 0 aliphatic carbocycles. The van der Waals surface area contributed by atoms with Crippen LogP contribution in [0, 0.1) is 12.8 Å². The maximum atomic E-state index is 12.5. The van der Waals surface area contributed by atoms with Gasteiger partial charge in [-0.15, -0.1) is 0 Å². The van der Waals surface area contributed by atoms with Gasteiger partial charge >= 0.3 is 5.97 Å². The largest absolute Gasteiger partial charge is 0.481 e. The van der Waals surface area contributed by atoms with Gasteiger partial charge in [-0.2, -0.15) is 5.10 Å². The van der Waals surface area contributed by atoms with Crippen molar-refractivity contribution in [2.45, 2.75) is 25.9 Å². The molecule has 2 aromatic heterocycles. The van der Waals surface area contributed by atoms with E-state index in [-0.39, 0.29) is 18.9 Å². The summed E-state index contributed by atoms with van der Waals surface area (Å²) in [5, 5.41) is 13.8. The summed E-state index contributed by atoms with van der Waals surface area (Å²) in [5.41, 5.74) is 2.24. The molecule has 1 aliphatic heterocycles. The van der Waals surface area contributed by atoms with E-state index < -0.39 is 17.9 Å². The van der Waals surface area contributed by atoms with Crippen molar-refractivity contribution >= 4 is 11.9 Å². The highest BCUT2D eigenvalue weighted by atomic mass is 16.5. The predicted molar refractivity (Wildman–Crippen MR) is 87.8 cm³/mol. The number of amides is 1. The number of carbonyl (C=O) groups excluding carboxylic acids is 1. The maximum absolute atomic E-state index is 12.5. The molecule has 0 aromatic carbocycles. The van der Waals surface area contributed by atoms with Gasteiger partial charge in [0.2, 0.25) is 11.8 Å². The van der Waals surface area contributed by atoms with Gasteiger partial charge in [-0.1, -0.05) is 6.07 Å². The molecule has 3 rings (SSSR count). The molecular formula is C17H20N4O4. The van der Waals surface area contributed by atoms with Gasteiger partial charge in [0.15, 0.2) is 0 Å². The fourth-order valence-corrected chi connectivity index (χ4v) is 3.22. The third-order valence-corrected chi connectivity index (χ3v) is 4.66. The molecule has 8 nitrogen and oxygen atoms in total. The predicted octanol–water partition coefficient (Wildman–Crippen LogP) is 1.31. The average molecular weight is 344 g/mol. The molecule has 1 saturated heterocycles. The van der Waals surface area contributed by atoms with Crippen LogP contribution in [0.1, 0.15) is 29.4 Å². The molecule has 0 bridgehead atoms. The Labute approximate surface area is 145 Å². The first-order valence-electron chi connectivity index (χ1n) is 7.93. The number of aliphatic carboxylic acids is 1. The van der Waals surface area contributed by atoms with E-state index in [0.29, 0.717) is 11.6 Å². The fourth-order valence-electron chi connectivity index (χ4n) is 3.22. The molecule has 0 spiro atoms. The molecule has 1 N–H and O–H groups in total. The molecule has 1 amide bonds. The van der Waals surface area contributed by atoms with Gasteiger partial charge < -0.3 is 14.7 Å². The van der Waals surface area contributed by atoms with Crippen molar-refractivity contribution in [2.75, 3.05) is 7.11 Å². The van der Waals surface area contributed by atoms with Crippen molar-refractivity contribution in [3.8, 4) is 5.88 Å². The Hall–Kier alpha value is -2.90. The Morgan fingerprint density at radius 1 is 1.44 bits per heavy atom. The minimum atomic E-state index is -0.984. The van der Waals surface area contributed by atoms with Gasteiger partial charge in [0, 0.05) is 30.8 Å². The van der Waals surface area contributed by atoms with E-state index >= 15 is 0 Å². The second-order valence-electron chi connectivity index (χ2n) is 6.10. The van der Waals surface area contributed by atoms with Crippen LogP contribution in [0.4, 0.5) is 0 Å². The number of hydrogen-bond donors (Lipinski definition) is 1. The van der Waals surface area contributed by atoms with Crippen LogP contribution in [0.15, 0.2) is 24.4 Å². The van der Waals surface area contributed by atoms with E-state index in [1.807, 2.05) is 6.92 Å². The molecule has 0 saturated carbocycles. The molecule has 1 fully saturated rings. The van der Waals surface area contributed by atoms with Crippen LogP contribution < -0.4 is 4.74 Å². The first-order chi connectivity index (χ1) is 11.9. The van der Waals surface area contributed by atoms with E-state index in [9.17, 15) is 14.7 Å². The van der Waals surface area contributed by atoms with Crippen LogP contribution in [0.2, 0.25) is 0 Å². The van der Waals surface area contributed by atoms with Crippen molar-refractivity contribution in [1.29, 1.82) is 0 Å². The summed E-state index contributed by atoms with van der Waals surface area (Å²) in [5.74, 6) is -1.54. The van der Waals surface area contributed by atoms with Gasteiger partial charge in [-0.25, -0.2) is 4.98 Å². The summed E-state index contributed by atoms with van der Waals surface area (Å²) in [6.45, 7) is 2.09. The molecule has 8 heteroatoms. The molecule has 25 heavy (non-hydrogen) atoms. The smallest absolute Gasteiger partial charge is 0.309 e. The van der Waals surface area contributed by atoms with E-state index in [1.54, 1.807) is 41.0 Å². The highest BCUT2D eigenvalue weighted by molar-refractivity contribution is 5.87. The lowest BCUT2D eigenvalue weighted by atomic mass is 9.94. The Bertz CT molecular complexity index is 817. The Balaban J connectivity index is 1.98. The summed E-state index contributed by atoms with van der Waals surface area (Å²) in [4.78, 5) is 30.1.